The van der Waals surface area contributed by atoms with Gasteiger partial charge in [0, 0.05) is 17.1 Å². The van der Waals surface area contributed by atoms with E-state index >= 15 is 0 Å². The molecule has 134 valence electrons. The van der Waals surface area contributed by atoms with Crippen molar-refractivity contribution in [2.75, 3.05) is 11.9 Å². The number of thiazole rings is 1. The first kappa shape index (κ1) is 17.7. The maximum absolute atomic E-state index is 12.0. The van der Waals surface area contributed by atoms with Crippen LogP contribution >= 0.6 is 11.3 Å². The molecule has 0 atom stereocenters. The van der Waals surface area contributed by atoms with Crippen molar-refractivity contribution < 1.29 is 14.3 Å². The van der Waals surface area contributed by atoms with Crippen LogP contribution in [0.5, 0.6) is 5.75 Å². The Hall–Kier alpha value is -3.13. The number of primary amides is 1. The largest absolute Gasteiger partial charge is 0.484 e. The molecule has 3 aromatic rings. The number of nitrogens with two attached hydrogens (primary N) is 1. The molecule has 26 heavy (non-hydrogen) atoms. The van der Waals surface area contributed by atoms with Crippen molar-refractivity contribution in [1.29, 1.82) is 0 Å². The van der Waals surface area contributed by atoms with Crippen molar-refractivity contribution in [2.45, 2.75) is 13.3 Å². The molecular weight excluding hydrogens is 352 g/mol. The average molecular weight is 370 g/mol. The Morgan fingerprint density at radius 2 is 2.08 bits per heavy atom. The first-order chi connectivity index (χ1) is 12.5. The van der Waals surface area contributed by atoms with Crippen LogP contribution in [0, 0.1) is 0 Å². The lowest BCUT2D eigenvalue weighted by Gasteiger charge is -2.06. The Bertz CT molecular complexity index is 915. The van der Waals surface area contributed by atoms with E-state index < -0.39 is 5.91 Å². The van der Waals surface area contributed by atoms with Gasteiger partial charge in [-0.3, -0.25) is 14.9 Å². The van der Waals surface area contributed by atoms with Gasteiger partial charge in [-0.1, -0.05) is 19.1 Å². The van der Waals surface area contributed by atoms with Crippen LogP contribution in [0.1, 0.15) is 23.0 Å². The third-order valence-corrected chi connectivity index (χ3v) is 4.45. The molecule has 0 spiro atoms. The van der Waals surface area contributed by atoms with Gasteiger partial charge in [0.15, 0.2) is 11.7 Å². The number of carbonyl (C=O) groups excluding carboxylic acids is 2. The molecule has 0 bridgehead atoms. The number of aryl methyl sites for hydroxylation is 1. The Balaban J connectivity index is 1.55. The van der Waals surface area contributed by atoms with Crippen LogP contribution in [-0.4, -0.2) is 28.4 Å². The monoisotopic (exact) mass is 370 g/mol. The van der Waals surface area contributed by atoms with Gasteiger partial charge in [-0.05, 0) is 30.2 Å². The Labute approximate surface area is 154 Å². The van der Waals surface area contributed by atoms with E-state index in [0.717, 1.165) is 12.0 Å². The van der Waals surface area contributed by atoms with Crippen LogP contribution in [0.3, 0.4) is 0 Å². The Morgan fingerprint density at radius 1 is 1.31 bits per heavy atom. The van der Waals surface area contributed by atoms with Crippen molar-refractivity contribution in [3.8, 4) is 17.0 Å². The zero-order valence-corrected chi connectivity index (χ0v) is 14.9. The maximum atomic E-state index is 12.0. The first-order valence-corrected chi connectivity index (χ1v) is 8.89. The minimum absolute atomic E-state index is 0.101. The molecule has 3 rings (SSSR count). The van der Waals surface area contributed by atoms with E-state index in [2.05, 4.69) is 22.2 Å². The summed E-state index contributed by atoms with van der Waals surface area (Å²) >= 11 is 1.29. The third kappa shape index (κ3) is 4.28. The number of aromatic amines is 1. The van der Waals surface area contributed by atoms with Crippen molar-refractivity contribution in [1.82, 2.24) is 9.97 Å². The number of benzene rings is 1. The Morgan fingerprint density at radius 3 is 2.73 bits per heavy atom. The number of rotatable bonds is 7. The predicted molar refractivity (Wildman–Crippen MR) is 100 cm³/mol. The number of hydrogen-bond donors (Lipinski definition) is 3. The number of anilines is 1. The number of amides is 2. The highest BCUT2D eigenvalue weighted by Gasteiger charge is 2.11. The molecule has 0 aliphatic rings. The van der Waals surface area contributed by atoms with E-state index in [4.69, 9.17) is 10.5 Å². The quantitative estimate of drug-likeness (QED) is 0.594. The molecule has 0 fully saturated rings. The van der Waals surface area contributed by atoms with E-state index in [9.17, 15) is 9.59 Å². The molecule has 2 aromatic heterocycles. The molecule has 0 aliphatic heterocycles. The van der Waals surface area contributed by atoms with E-state index in [-0.39, 0.29) is 12.5 Å². The predicted octanol–water partition coefficient (Wildman–Crippen LogP) is 2.82. The van der Waals surface area contributed by atoms with Crippen LogP contribution in [0.15, 0.2) is 41.9 Å². The second-order valence-electron chi connectivity index (χ2n) is 5.54. The van der Waals surface area contributed by atoms with Gasteiger partial charge >= 0.3 is 0 Å². The minimum Gasteiger partial charge on any atom is -0.484 e. The smallest absolute Gasteiger partial charge is 0.265 e. The summed E-state index contributed by atoms with van der Waals surface area (Å²) in [5, 5.41) is 4.94. The second kappa shape index (κ2) is 7.83. The van der Waals surface area contributed by atoms with Gasteiger partial charge in [-0.25, -0.2) is 4.98 Å². The summed E-state index contributed by atoms with van der Waals surface area (Å²) in [7, 11) is 0. The standard InChI is InChI=1S/C18H18N4O3S/c1-2-11-3-5-13(6-4-11)25-9-16(23)22-18-21-15(10-26-18)12-7-14(17(19)24)20-8-12/h3-8,10,20H,2,9H2,1H3,(H2,19,24)(H,21,22,23). The number of nitrogens with zero attached hydrogens (tertiary/aromatic N) is 1. The van der Waals surface area contributed by atoms with Crippen molar-refractivity contribution in [2.24, 2.45) is 5.73 Å². The lowest BCUT2D eigenvalue weighted by Crippen LogP contribution is -2.20. The van der Waals surface area contributed by atoms with Crippen LogP contribution in [-0.2, 0) is 11.2 Å². The summed E-state index contributed by atoms with van der Waals surface area (Å²) in [5.41, 5.74) is 8.10. The first-order valence-electron chi connectivity index (χ1n) is 8.01. The van der Waals surface area contributed by atoms with E-state index in [1.165, 1.54) is 16.9 Å². The van der Waals surface area contributed by atoms with Crippen molar-refractivity contribution >= 4 is 28.3 Å². The van der Waals surface area contributed by atoms with Crippen molar-refractivity contribution in [3.63, 3.8) is 0 Å². The molecular formula is C18H18N4O3S. The molecule has 0 radical (unpaired) electrons. The molecule has 8 heteroatoms. The molecule has 2 heterocycles. The summed E-state index contributed by atoms with van der Waals surface area (Å²) in [6.07, 6.45) is 2.60. The van der Waals surface area contributed by atoms with Crippen LogP contribution in [0.2, 0.25) is 0 Å². The molecule has 0 aliphatic carbocycles. The van der Waals surface area contributed by atoms with Gasteiger partial charge in [0.2, 0.25) is 0 Å². The lowest BCUT2D eigenvalue weighted by molar-refractivity contribution is -0.118. The summed E-state index contributed by atoms with van der Waals surface area (Å²) < 4.78 is 5.47. The number of aromatic nitrogens is 2. The lowest BCUT2D eigenvalue weighted by atomic mass is 10.2. The van der Waals surface area contributed by atoms with E-state index in [1.54, 1.807) is 17.6 Å². The number of nitrogens with one attached hydrogen (secondary N) is 2. The summed E-state index contributed by atoms with van der Waals surface area (Å²) in [4.78, 5) is 30.2. The van der Waals surface area contributed by atoms with Gasteiger partial charge in [0.05, 0.1) is 5.69 Å². The molecule has 1 aromatic carbocycles. The highest BCUT2D eigenvalue weighted by atomic mass is 32.1. The van der Waals surface area contributed by atoms with Gasteiger partial charge in [-0.15, -0.1) is 11.3 Å². The molecule has 0 saturated heterocycles. The molecule has 4 N–H and O–H groups in total. The van der Waals surface area contributed by atoms with E-state index in [0.29, 0.717) is 22.3 Å². The molecule has 2 amide bonds. The SMILES string of the molecule is CCc1ccc(OCC(=O)Nc2nc(-c3c[nH]c(C(N)=O)c3)cs2)cc1. The molecule has 0 unspecified atom stereocenters. The zero-order valence-electron chi connectivity index (χ0n) is 14.1. The van der Waals surface area contributed by atoms with Gasteiger partial charge in [-0.2, -0.15) is 0 Å². The number of H-pyrrole nitrogens is 1. The Kier molecular flexibility index (Phi) is 5.33. The molecule has 0 saturated carbocycles. The zero-order chi connectivity index (χ0) is 18.5. The normalized spacial score (nSPS) is 10.5. The number of carbonyl (C=O) groups is 2. The second-order valence-corrected chi connectivity index (χ2v) is 6.40. The maximum Gasteiger partial charge on any atom is 0.265 e. The highest BCUT2D eigenvalue weighted by Crippen LogP contribution is 2.25. The van der Waals surface area contributed by atoms with Gasteiger partial charge in [0.25, 0.3) is 11.8 Å². The molecule has 7 nitrogen and oxygen atoms in total. The summed E-state index contributed by atoms with van der Waals surface area (Å²) in [6, 6.07) is 9.24. The van der Waals surface area contributed by atoms with Crippen LogP contribution < -0.4 is 15.8 Å². The summed E-state index contributed by atoms with van der Waals surface area (Å²) in [5.74, 6) is -0.190. The third-order valence-electron chi connectivity index (χ3n) is 3.70. The highest BCUT2D eigenvalue weighted by molar-refractivity contribution is 7.14. The summed E-state index contributed by atoms with van der Waals surface area (Å²) in [6.45, 7) is 1.98. The number of hydrogen-bond acceptors (Lipinski definition) is 5. The van der Waals surface area contributed by atoms with Crippen molar-refractivity contribution in [3.05, 3.63) is 53.2 Å². The fourth-order valence-electron chi connectivity index (χ4n) is 2.27. The average Bonchev–Trinajstić information content (AvgIpc) is 3.29. The van der Waals surface area contributed by atoms with Crippen LogP contribution in [0.4, 0.5) is 5.13 Å². The van der Waals surface area contributed by atoms with Gasteiger partial charge in [0.1, 0.15) is 11.4 Å². The van der Waals surface area contributed by atoms with Gasteiger partial charge < -0.3 is 15.5 Å². The number of ether oxygens (including phenoxy) is 1. The fraction of sp³-hybridized carbons (Fsp3) is 0.167. The minimum atomic E-state index is -0.538. The fourth-order valence-corrected chi connectivity index (χ4v) is 3.01. The van der Waals surface area contributed by atoms with Crippen LogP contribution in [0.25, 0.3) is 11.3 Å². The topological polar surface area (TPSA) is 110 Å². The van der Waals surface area contributed by atoms with E-state index in [1.807, 2.05) is 24.3 Å².